The molecule has 5 heteroatoms. The first-order valence-electron chi connectivity index (χ1n) is 4.15. The third-order valence-corrected chi connectivity index (χ3v) is 1.99. The Morgan fingerprint density at radius 3 is 2.71 bits per heavy atom. The van der Waals surface area contributed by atoms with Gasteiger partial charge in [0.25, 0.3) is 0 Å². The molecule has 0 amide bonds. The number of benzene rings is 1. The Bertz CT molecular complexity index is 483. The van der Waals surface area contributed by atoms with Crippen LogP contribution in [0.2, 0.25) is 0 Å². The van der Waals surface area contributed by atoms with Gasteiger partial charge in [-0.25, -0.2) is 4.98 Å². The predicted molar refractivity (Wildman–Crippen MR) is 53.0 cm³/mol. The normalized spacial score (nSPS) is 10.4. The number of hydrogen-bond acceptors (Lipinski definition) is 5. The van der Waals surface area contributed by atoms with Crippen molar-refractivity contribution in [1.29, 1.82) is 0 Å². The van der Waals surface area contributed by atoms with Gasteiger partial charge < -0.3 is 10.5 Å². The van der Waals surface area contributed by atoms with E-state index < -0.39 is 0 Å². The van der Waals surface area contributed by atoms with Crippen molar-refractivity contribution in [3.8, 4) is 5.75 Å². The van der Waals surface area contributed by atoms with Crippen molar-refractivity contribution in [3.05, 3.63) is 17.7 Å². The zero-order valence-corrected chi connectivity index (χ0v) is 7.98. The topological polar surface area (TPSA) is 73.9 Å². The SMILES string of the molecule is COc1cc2nc(N)nnc2cc1C. The molecule has 0 bridgehead atoms. The fraction of sp³-hybridized carbons (Fsp3) is 0.222. The maximum Gasteiger partial charge on any atom is 0.240 e. The Hall–Kier alpha value is -1.91. The van der Waals surface area contributed by atoms with E-state index in [1.54, 1.807) is 13.2 Å². The molecule has 2 aromatic rings. The summed E-state index contributed by atoms with van der Waals surface area (Å²) in [6, 6.07) is 3.67. The van der Waals surface area contributed by atoms with E-state index in [9.17, 15) is 0 Å². The van der Waals surface area contributed by atoms with Crippen molar-refractivity contribution in [1.82, 2.24) is 15.2 Å². The molecule has 0 aliphatic rings. The van der Waals surface area contributed by atoms with Gasteiger partial charge in [0.1, 0.15) is 11.3 Å². The molecule has 0 aliphatic carbocycles. The number of nitrogens with two attached hydrogens (primary N) is 1. The number of ether oxygens (including phenoxy) is 1. The first-order valence-corrected chi connectivity index (χ1v) is 4.15. The molecule has 5 nitrogen and oxygen atoms in total. The van der Waals surface area contributed by atoms with E-state index in [1.165, 1.54) is 0 Å². The number of aromatic nitrogens is 3. The highest BCUT2D eigenvalue weighted by molar-refractivity contribution is 5.77. The van der Waals surface area contributed by atoms with Crippen LogP contribution in [0.4, 0.5) is 5.95 Å². The fourth-order valence-electron chi connectivity index (χ4n) is 1.30. The van der Waals surface area contributed by atoms with Gasteiger partial charge in [0, 0.05) is 6.07 Å². The molecule has 0 saturated carbocycles. The van der Waals surface area contributed by atoms with E-state index in [1.807, 2.05) is 13.0 Å². The summed E-state index contributed by atoms with van der Waals surface area (Å²) in [4.78, 5) is 4.05. The van der Waals surface area contributed by atoms with Gasteiger partial charge in [0.2, 0.25) is 5.95 Å². The van der Waals surface area contributed by atoms with Gasteiger partial charge in [-0.3, -0.25) is 0 Å². The molecule has 0 spiro atoms. The molecule has 0 saturated heterocycles. The quantitative estimate of drug-likeness (QED) is 0.723. The van der Waals surface area contributed by atoms with Crippen LogP contribution in [0.5, 0.6) is 5.75 Å². The lowest BCUT2D eigenvalue weighted by Gasteiger charge is -2.05. The van der Waals surface area contributed by atoms with Gasteiger partial charge in [-0.2, -0.15) is 0 Å². The van der Waals surface area contributed by atoms with Crippen LogP contribution in [-0.2, 0) is 0 Å². The van der Waals surface area contributed by atoms with Crippen LogP contribution in [0, 0.1) is 6.92 Å². The zero-order valence-electron chi connectivity index (χ0n) is 7.98. The highest BCUT2D eigenvalue weighted by Gasteiger charge is 2.04. The van der Waals surface area contributed by atoms with E-state index in [2.05, 4.69) is 15.2 Å². The molecule has 14 heavy (non-hydrogen) atoms. The second kappa shape index (κ2) is 3.10. The minimum atomic E-state index is 0.170. The Morgan fingerprint density at radius 1 is 1.21 bits per heavy atom. The minimum Gasteiger partial charge on any atom is -0.496 e. The predicted octanol–water partition coefficient (Wildman–Crippen LogP) is 0.924. The Labute approximate surface area is 80.9 Å². The third kappa shape index (κ3) is 1.32. The van der Waals surface area contributed by atoms with E-state index in [-0.39, 0.29) is 5.95 Å². The number of nitrogens with zero attached hydrogens (tertiary/aromatic N) is 3. The molecule has 0 fully saturated rings. The molecule has 0 unspecified atom stereocenters. The summed E-state index contributed by atoms with van der Waals surface area (Å²) >= 11 is 0. The molecular weight excluding hydrogens is 180 g/mol. The van der Waals surface area contributed by atoms with Crippen molar-refractivity contribution in [2.75, 3.05) is 12.8 Å². The van der Waals surface area contributed by atoms with Crippen molar-refractivity contribution in [2.45, 2.75) is 6.92 Å². The maximum absolute atomic E-state index is 5.43. The van der Waals surface area contributed by atoms with Gasteiger partial charge >= 0.3 is 0 Å². The molecule has 2 N–H and O–H groups in total. The second-order valence-corrected chi connectivity index (χ2v) is 2.98. The third-order valence-electron chi connectivity index (χ3n) is 1.99. The number of methoxy groups -OCH3 is 1. The lowest BCUT2D eigenvalue weighted by Crippen LogP contribution is -1.98. The monoisotopic (exact) mass is 190 g/mol. The molecule has 0 aliphatic heterocycles. The first kappa shape index (κ1) is 8.68. The lowest BCUT2D eigenvalue weighted by molar-refractivity contribution is 0.412. The van der Waals surface area contributed by atoms with Crippen LogP contribution >= 0.6 is 0 Å². The molecule has 0 atom stereocenters. The summed E-state index contributed by atoms with van der Waals surface area (Å²) in [5.74, 6) is 0.945. The van der Waals surface area contributed by atoms with Crippen LogP contribution < -0.4 is 10.5 Å². The molecule has 1 aromatic carbocycles. The van der Waals surface area contributed by atoms with E-state index in [0.29, 0.717) is 5.52 Å². The van der Waals surface area contributed by atoms with Gasteiger partial charge in [0.15, 0.2) is 0 Å². The van der Waals surface area contributed by atoms with Crippen LogP contribution in [-0.4, -0.2) is 22.3 Å². The van der Waals surface area contributed by atoms with Crippen LogP contribution in [0.3, 0.4) is 0 Å². The zero-order chi connectivity index (χ0) is 10.1. The average molecular weight is 190 g/mol. The molecule has 0 radical (unpaired) electrons. The molecule has 72 valence electrons. The van der Waals surface area contributed by atoms with E-state index in [4.69, 9.17) is 10.5 Å². The first-order chi connectivity index (χ1) is 6.70. The van der Waals surface area contributed by atoms with Crippen LogP contribution in [0.25, 0.3) is 11.0 Å². The summed E-state index contributed by atoms with van der Waals surface area (Å²) in [6.45, 7) is 1.94. The highest BCUT2D eigenvalue weighted by Crippen LogP contribution is 2.22. The second-order valence-electron chi connectivity index (χ2n) is 2.98. The van der Waals surface area contributed by atoms with Gasteiger partial charge in [-0.1, -0.05) is 0 Å². The summed E-state index contributed by atoms with van der Waals surface area (Å²) in [5.41, 5.74) is 7.84. The lowest BCUT2D eigenvalue weighted by atomic mass is 10.2. The van der Waals surface area contributed by atoms with E-state index >= 15 is 0 Å². The number of nitrogen functional groups attached to an aromatic ring is 1. The van der Waals surface area contributed by atoms with Crippen LogP contribution in [0.1, 0.15) is 5.56 Å². The van der Waals surface area contributed by atoms with Gasteiger partial charge in [-0.05, 0) is 18.6 Å². The molecule has 1 aromatic heterocycles. The van der Waals surface area contributed by atoms with Crippen LogP contribution in [0.15, 0.2) is 12.1 Å². The van der Waals surface area contributed by atoms with Crippen molar-refractivity contribution in [2.24, 2.45) is 0 Å². The highest BCUT2D eigenvalue weighted by atomic mass is 16.5. The minimum absolute atomic E-state index is 0.170. The molecular formula is C9H10N4O. The maximum atomic E-state index is 5.43. The fourth-order valence-corrected chi connectivity index (χ4v) is 1.30. The summed E-state index contributed by atoms with van der Waals surface area (Å²) in [6.07, 6.45) is 0. The largest absolute Gasteiger partial charge is 0.496 e. The average Bonchev–Trinajstić information content (AvgIpc) is 2.17. The Kier molecular flexibility index (Phi) is 1.92. The van der Waals surface area contributed by atoms with Crippen molar-refractivity contribution >= 4 is 17.0 Å². The number of hydrogen-bond donors (Lipinski definition) is 1. The summed E-state index contributed by atoms with van der Waals surface area (Å²) < 4.78 is 5.16. The van der Waals surface area contributed by atoms with Gasteiger partial charge in [-0.15, -0.1) is 10.2 Å². The van der Waals surface area contributed by atoms with Gasteiger partial charge in [0.05, 0.1) is 12.6 Å². The number of rotatable bonds is 1. The summed E-state index contributed by atoms with van der Waals surface area (Å²) in [7, 11) is 1.62. The van der Waals surface area contributed by atoms with E-state index in [0.717, 1.165) is 16.8 Å². The van der Waals surface area contributed by atoms with Crippen molar-refractivity contribution in [3.63, 3.8) is 0 Å². The number of anilines is 1. The molecule has 1 heterocycles. The number of fused-ring (bicyclic) bond motifs is 1. The summed E-state index contributed by atoms with van der Waals surface area (Å²) in [5, 5.41) is 7.60. The molecule has 2 rings (SSSR count). The smallest absolute Gasteiger partial charge is 0.240 e. The Balaban J connectivity index is 2.73. The number of aryl methyl sites for hydroxylation is 1. The standard InChI is InChI=1S/C9H10N4O/c1-5-3-7-6(4-8(5)14-2)11-9(10)13-12-7/h3-4H,1-2H3,(H2,10,11,13). The van der Waals surface area contributed by atoms with Crippen molar-refractivity contribution < 1.29 is 4.74 Å². The Morgan fingerprint density at radius 2 is 2.00 bits per heavy atom.